The Bertz CT molecular complexity index is 973. The molecule has 0 aromatic heterocycles. The molecule has 5 rings (SSSR count). The lowest BCUT2D eigenvalue weighted by Crippen LogP contribution is -2.38. The van der Waals surface area contributed by atoms with Gasteiger partial charge in [-0.25, -0.2) is 4.99 Å². The van der Waals surface area contributed by atoms with Crippen LogP contribution in [0.4, 0.5) is 0 Å². The van der Waals surface area contributed by atoms with Gasteiger partial charge in [-0.15, -0.1) is 0 Å². The molecule has 1 aliphatic carbocycles. The molecule has 1 atom stereocenters. The molecule has 1 saturated heterocycles. The number of amidine groups is 2. The Labute approximate surface area is 171 Å². The molecule has 3 aliphatic rings. The monoisotopic (exact) mass is 387 g/mol. The highest BCUT2D eigenvalue weighted by atomic mass is 32.2. The van der Waals surface area contributed by atoms with E-state index in [1.807, 2.05) is 0 Å². The number of benzene rings is 2. The highest BCUT2D eigenvalue weighted by molar-refractivity contribution is 8.15. The Morgan fingerprint density at radius 2 is 1.71 bits per heavy atom. The Kier molecular flexibility index (Phi) is 5.23. The van der Waals surface area contributed by atoms with Gasteiger partial charge in [0.25, 0.3) is 0 Å². The van der Waals surface area contributed by atoms with Gasteiger partial charge in [0.2, 0.25) is 0 Å². The van der Waals surface area contributed by atoms with Crippen LogP contribution in [0.2, 0.25) is 0 Å². The zero-order chi connectivity index (χ0) is 18.2. The third-order valence-corrected chi connectivity index (χ3v) is 6.35. The highest BCUT2D eigenvalue weighted by Gasteiger charge is 2.40. The van der Waals surface area contributed by atoms with Crippen molar-refractivity contribution in [3.05, 3.63) is 88.6 Å². The van der Waals surface area contributed by atoms with Crippen LogP contribution >= 0.6 is 11.8 Å². The van der Waals surface area contributed by atoms with Gasteiger partial charge in [-0.1, -0.05) is 79.9 Å². The SMILES string of the molecule is C.N=C1CSC2=NC3=C(CCC/C3=C\c3ccccc3)C(c3ccccc3)N12. The van der Waals surface area contributed by atoms with Crippen LogP contribution in [0.15, 0.2) is 82.5 Å². The molecule has 0 bridgehead atoms. The largest absolute Gasteiger partial charge is 0.297 e. The first-order valence-electron chi connectivity index (χ1n) is 9.43. The Morgan fingerprint density at radius 1 is 1.00 bits per heavy atom. The van der Waals surface area contributed by atoms with E-state index >= 15 is 0 Å². The quantitative estimate of drug-likeness (QED) is 0.658. The summed E-state index contributed by atoms with van der Waals surface area (Å²) >= 11 is 1.69. The molecule has 1 unspecified atom stereocenters. The molecule has 1 N–H and O–H groups in total. The minimum atomic E-state index is 0. The summed E-state index contributed by atoms with van der Waals surface area (Å²) in [6.07, 6.45) is 5.54. The smallest absolute Gasteiger partial charge is 0.171 e. The van der Waals surface area contributed by atoms with Crippen molar-refractivity contribution in [2.75, 3.05) is 5.75 Å². The van der Waals surface area contributed by atoms with Gasteiger partial charge in [0.1, 0.15) is 5.84 Å². The summed E-state index contributed by atoms with van der Waals surface area (Å²) in [5.74, 6) is 1.37. The molecule has 0 radical (unpaired) electrons. The van der Waals surface area contributed by atoms with Gasteiger partial charge in [0.05, 0.1) is 17.5 Å². The number of rotatable bonds is 2. The first-order chi connectivity index (χ1) is 13.3. The van der Waals surface area contributed by atoms with Crippen molar-refractivity contribution in [3.63, 3.8) is 0 Å². The van der Waals surface area contributed by atoms with Crippen LogP contribution in [0.5, 0.6) is 0 Å². The Hall–Kier alpha value is -2.59. The number of hydrogen-bond donors (Lipinski definition) is 1. The number of nitrogens with zero attached hydrogens (tertiary/aromatic N) is 2. The maximum absolute atomic E-state index is 8.48. The summed E-state index contributed by atoms with van der Waals surface area (Å²) in [6.45, 7) is 0. The van der Waals surface area contributed by atoms with Crippen molar-refractivity contribution < 1.29 is 0 Å². The highest BCUT2D eigenvalue weighted by Crippen LogP contribution is 2.47. The molecule has 2 heterocycles. The lowest BCUT2D eigenvalue weighted by atomic mass is 9.83. The molecule has 0 amide bonds. The minimum Gasteiger partial charge on any atom is -0.297 e. The molecule has 142 valence electrons. The molecule has 2 aromatic carbocycles. The maximum atomic E-state index is 8.48. The maximum Gasteiger partial charge on any atom is 0.171 e. The number of aliphatic imine (C=N–C) groups is 1. The van der Waals surface area contributed by atoms with E-state index in [1.165, 1.54) is 22.3 Å². The molecule has 1 fully saturated rings. The van der Waals surface area contributed by atoms with E-state index in [-0.39, 0.29) is 13.5 Å². The predicted octanol–water partition coefficient (Wildman–Crippen LogP) is 6.28. The summed E-state index contributed by atoms with van der Waals surface area (Å²) < 4.78 is 0. The number of fused-ring (bicyclic) bond motifs is 1. The van der Waals surface area contributed by atoms with Crippen LogP contribution < -0.4 is 0 Å². The van der Waals surface area contributed by atoms with Gasteiger partial charge < -0.3 is 0 Å². The van der Waals surface area contributed by atoms with Crippen molar-refractivity contribution in [3.8, 4) is 0 Å². The van der Waals surface area contributed by atoms with Crippen LogP contribution in [-0.2, 0) is 0 Å². The van der Waals surface area contributed by atoms with E-state index in [9.17, 15) is 0 Å². The summed E-state index contributed by atoms with van der Waals surface area (Å²) in [6, 6.07) is 21.2. The zero-order valence-corrected chi connectivity index (χ0v) is 15.9. The number of nitrogens with one attached hydrogen (secondary N) is 1. The van der Waals surface area contributed by atoms with Gasteiger partial charge >= 0.3 is 0 Å². The van der Waals surface area contributed by atoms with Gasteiger partial charge in [0.15, 0.2) is 5.17 Å². The lowest BCUT2D eigenvalue weighted by molar-refractivity contribution is 0.473. The average Bonchev–Trinajstić information content (AvgIpc) is 3.09. The summed E-state index contributed by atoms with van der Waals surface area (Å²) in [7, 11) is 0. The second kappa shape index (κ2) is 7.80. The molecular weight excluding hydrogens is 362 g/mol. The van der Waals surface area contributed by atoms with Crippen LogP contribution in [0, 0.1) is 5.41 Å². The molecule has 4 heteroatoms. The third kappa shape index (κ3) is 3.22. The summed E-state index contributed by atoms with van der Waals surface area (Å²) in [4.78, 5) is 7.19. The number of allylic oxidation sites excluding steroid dienone is 1. The van der Waals surface area contributed by atoms with E-state index in [0.717, 1.165) is 30.1 Å². The van der Waals surface area contributed by atoms with Crippen molar-refractivity contribution in [2.45, 2.75) is 32.7 Å². The van der Waals surface area contributed by atoms with E-state index < -0.39 is 0 Å². The summed E-state index contributed by atoms with van der Waals surface area (Å²) in [5, 5.41) is 9.46. The standard InChI is InChI=1S/C23H21N3S.CH4/c24-20-15-27-23-25-21-18(14-16-8-3-1-4-9-16)12-7-13-19(21)22(26(20)23)17-10-5-2-6-11-17;/h1-6,8-11,14,22,24H,7,12-13,15H2;1H4/b18-14+,24-20?;. The third-order valence-electron chi connectivity index (χ3n) is 5.39. The topological polar surface area (TPSA) is 39.5 Å². The fourth-order valence-electron chi connectivity index (χ4n) is 4.19. The van der Waals surface area contributed by atoms with Crippen molar-refractivity contribution in [1.29, 1.82) is 5.41 Å². The predicted molar refractivity (Wildman–Crippen MR) is 121 cm³/mol. The number of hydrogen-bond acceptors (Lipinski definition) is 3. The molecular formula is C24H25N3S. The number of thioether (sulfide) groups is 1. The second-order valence-electron chi connectivity index (χ2n) is 7.12. The van der Waals surface area contributed by atoms with E-state index in [0.29, 0.717) is 11.6 Å². The minimum absolute atomic E-state index is 0. The van der Waals surface area contributed by atoms with Gasteiger partial charge in [-0.05, 0) is 47.6 Å². The Morgan fingerprint density at radius 3 is 2.46 bits per heavy atom. The molecule has 0 saturated carbocycles. The van der Waals surface area contributed by atoms with Gasteiger partial charge in [-0.2, -0.15) is 0 Å². The molecule has 2 aliphatic heterocycles. The van der Waals surface area contributed by atoms with E-state index in [4.69, 9.17) is 10.4 Å². The van der Waals surface area contributed by atoms with Gasteiger partial charge in [0, 0.05) is 0 Å². The van der Waals surface area contributed by atoms with Crippen LogP contribution in [0.1, 0.15) is 43.9 Å². The van der Waals surface area contributed by atoms with Crippen LogP contribution in [0.3, 0.4) is 0 Å². The second-order valence-corrected chi connectivity index (χ2v) is 8.06. The fourth-order valence-corrected chi connectivity index (χ4v) is 5.11. The molecule has 2 aromatic rings. The normalized spacial score (nSPS) is 22.5. The molecule has 28 heavy (non-hydrogen) atoms. The van der Waals surface area contributed by atoms with Crippen molar-refractivity contribution in [2.24, 2.45) is 4.99 Å². The average molecular weight is 388 g/mol. The van der Waals surface area contributed by atoms with Crippen molar-refractivity contribution in [1.82, 2.24) is 4.90 Å². The molecule has 3 nitrogen and oxygen atoms in total. The fraction of sp³-hybridized carbons (Fsp3) is 0.250. The first kappa shape index (κ1) is 18.8. The Balaban J connectivity index is 0.00000192. The van der Waals surface area contributed by atoms with E-state index in [2.05, 4.69) is 71.6 Å². The van der Waals surface area contributed by atoms with Gasteiger partial charge in [-0.3, -0.25) is 10.3 Å². The van der Waals surface area contributed by atoms with Crippen LogP contribution in [0.25, 0.3) is 6.08 Å². The van der Waals surface area contributed by atoms with Crippen LogP contribution in [-0.4, -0.2) is 21.7 Å². The summed E-state index contributed by atoms with van der Waals surface area (Å²) in [5.41, 5.74) is 6.34. The molecule has 0 spiro atoms. The lowest BCUT2D eigenvalue weighted by Gasteiger charge is -2.38. The van der Waals surface area contributed by atoms with Crippen molar-refractivity contribution >= 4 is 28.8 Å². The first-order valence-corrected chi connectivity index (χ1v) is 10.4. The van der Waals surface area contributed by atoms with E-state index in [1.54, 1.807) is 11.8 Å². The zero-order valence-electron chi connectivity index (χ0n) is 15.1.